The van der Waals surface area contributed by atoms with Crippen LogP contribution in [0.3, 0.4) is 0 Å². The van der Waals surface area contributed by atoms with Crippen LogP contribution in [0.2, 0.25) is 15.1 Å². The zero-order valence-corrected chi connectivity index (χ0v) is 22.3. The van der Waals surface area contributed by atoms with Crippen LogP contribution in [0, 0.1) is 11.3 Å². The van der Waals surface area contributed by atoms with E-state index in [0.717, 1.165) is 16.9 Å². The zero-order valence-electron chi connectivity index (χ0n) is 19.2. The molecule has 5 rings (SSSR count). The number of hydrogen-bond acceptors (Lipinski definition) is 7. The van der Waals surface area contributed by atoms with Gasteiger partial charge in [-0.25, -0.2) is 4.79 Å². The summed E-state index contributed by atoms with van der Waals surface area (Å²) in [4.78, 5) is 13.2. The fraction of sp³-hybridized carbons (Fsp3) is 0.111. The number of halogens is 3. The zero-order chi connectivity index (χ0) is 26.3. The number of carbonyl (C=O) groups is 1. The highest BCUT2D eigenvalue weighted by molar-refractivity contribution is 7.21. The van der Waals surface area contributed by atoms with Crippen LogP contribution >= 0.6 is 46.1 Å². The number of fused-ring (bicyclic) bond motifs is 2. The smallest absolute Gasteiger partial charge is 0.355 e. The third-order valence-corrected chi connectivity index (χ3v) is 7.89. The number of carbonyl (C=O) groups excluding carboxylic acids is 1. The molecule has 0 fully saturated rings. The van der Waals surface area contributed by atoms with Gasteiger partial charge in [0.15, 0.2) is 0 Å². The standard InChI is InChI=1S/C27H17Cl3N2O4S/c1-2-34-19-6-4-3-5-15(19)22-16-8-7-14(11-20(16)36-26(32)17(22)12-31)35-27(33)25-24(30)23-18(29)9-13(28)10-21(23)37-25/h3-11,22H,2,32H2,1H3. The van der Waals surface area contributed by atoms with Gasteiger partial charge in [0, 0.05) is 32.3 Å². The third kappa shape index (κ3) is 4.58. The van der Waals surface area contributed by atoms with Crippen LogP contribution in [0.4, 0.5) is 0 Å². The van der Waals surface area contributed by atoms with Gasteiger partial charge in [0.1, 0.15) is 33.8 Å². The molecule has 37 heavy (non-hydrogen) atoms. The van der Waals surface area contributed by atoms with Crippen molar-refractivity contribution in [3.8, 4) is 23.3 Å². The second-order valence-electron chi connectivity index (χ2n) is 7.99. The fourth-order valence-corrected chi connectivity index (χ4v) is 6.47. The number of esters is 1. The molecular weight excluding hydrogens is 555 g/mol. The maximum Gasteiger partial charge on any atom is 0.355 e. The minimum Gasteiger partial charge on any atom is -0.494 e. The quantitative estimate of drug-likeness (QED) is 0.195. The molecule has 0 saturated heterocycles. The van der Waals surface area contributed by atoms with Gasteiger partial charge < -0.3 is 19.9 Å². The summed E-state index contributed by atoms with van der Waals surface area (Å²) in [6, 6.07) is 17.8. The monoisotopic (exact) mass is 570 g/mol. The largest absolute Gasteiger partial charge is 0.494 e. The summed E-state index contributed by atoms with van der Waals surface area (Å²) in [5, 5.41) is 11.4. The first-order chi connectivity index (χ1) is 17.8. The summed E-state index contributed by atoms with van der Waals surface area (Å²) in [6.07, 6.45) is 0. The normalized spacial score (nSPS) is 14.6. The number of thiophene rings is 1. The Labute approximate surface area is 231 Å². The number of nitrogens with zero attached hydrogens (tertiary/aromatic N) is 1. The van der Waals surface area contributed by atoms with Gasteiger partial charge in [0.05, 0.1) is 22.6 Å². The topological polar surface area (TPSA) is 94.6 Å². The molecule has 1 unspecified atom stereocenters. The van der Waals surface area contributed by atoms with Crippen LogP contribution in [-0.4, -0.2) is 12.6 Å². The molecule has 3 aromatic carbocycles. The van der Waals surface area contributed by atoms with E-state index >= 15 is 0 Å². The van der Waals surface area contributed by atoms with Gasteiger partial charge in [-0.2, -0.15) is 5.26 Å². The van der Waals surface area contributed by atoms with Crippen molar-refractivity contribution in [2.24, 2.45) is 5.73 Å². The molecule has 186 valence electrons. The van der Waals surface area contributed by atoms with E-state index in [4.69, 9.17) is 54.7 Å². The number of nitrogens with two attached hydrogens (primary N) is 1. The lowest BCUT2D eigenvalue weighted by molar-refractivity contribution is 0.0740. The van der Waals surface area contributed by atoms with E-state index in [-0.39, 0.29) is 27.1 Å². The van der Waals surface area contributed by atoms with Crippen LogP contribution < -0.4 is 19.9 Å². The molecule has 0 aliphatic carbocycles. The maximum absolute atomic E-state index is 13.0. The van der Waals surface area contributed by atoms with Crippen molar-refractivity contribution in [2.45, 2.75) is 12.8 Å². The molecule has 2 N–H and O–H groups in total. The predicted molar refractivity (Wildman–Crippen MR) is 145 cm³/mol. The Kier molecular flexibility index (Phi) is 6.93. The first-order valence-corrected chi connectivity index (χ1v) is 13.0. The van der Waals surface area contributed by atoms with Crippen LogP contribution in [0.15, 0.2) is 66.1 Å². The van der Waals surface area contributed by atoms with E-state index < -0.39 is 11.9 Å². The molecule has 10 heteroatoms. The summed E-state index contributed by atoms with van der Waals surface area (Å²) >= 11 is 20.0. The van der Waals surface area contributed by atoms with E-state index in [1.165, 1.54) is 0 Å². The summed E-state index contributed by atoms with van der Waals surface area (Å²) < 4.78 is 17.9. The molecule has 1 aromatic heterocycles. The lowest BCUT2D eigenvalue weighted by Crippen LogP contribution is -2.21. The molecule has 0 amide bonds. The number of allylic oxidation sites excluding steroid dienone is 1. The molecule has 0 radical (unpaired) electrons. The van der Waals surface area contributed by atoms with Crippen LogP contribution in [0.1, 0.15) is 33.6 Å². The molecule has 1 aliphatic heterocycles. The first kappa shape index (κ1) is 25.2. The van der Waals surface area contributed by atoms with Crippen molar-refractivity contribution in [1.82, 2.24) is 0 Å². The number of benzene rings is 3. The van der Waals surface area contributed by atoms with Crippen LogP contribution in [0.25, 0.3) is 10.1 Å². The predicted octanol–water partition coefficient (Wildman–Crippen LogP) is 7.70. The van der Waals surface area contributed by atoms with Gasteiger partial charge in [0.25, 0.3) is 0 Å². The van der Waals surface area contributed by atoms with Gasteiger partial charge in [-0.05, 0) is 31.2 Å². The number of nitriles is 1. The number of ether oxygens (including phenoxy) is 3. The maximum atomic E-state index is 13.0. The third-order valence-electron chi connectivity index (χ3n) is 5.77. The highest BCUT2D eigenvalue weighted by Crippen LogP contribution is 2.46. The Bertz CT molecular complexity index is 1640. The number of rotatable bonds is 5. The summed E-state index contributed by atoms with van der Waals surface area (Å²) in [7, 11) is 0. The minimum absolute atomic E-state index is 0.0335. The molecule has 1 atom stereocenters. The van der Waals surface area contributed by atoms with E-state index in [1.54, 1.807) is 30.3 Å². The van der Waals surface area contributed by atoms with Crippen molar-refractivity contribution in [1.29, 1.82) is 5.26 Å². The van der Waals surface area contributed by atoms with E-state index in [9.17, 15) is 10.1 Å². The second kappa shape index (κ2) is 10.2. The van der Waals surface area contributed by atoms with Gasteiger partial charge >= 0.3 is 5.97 Å². The number of para-hydroxylation sites is 1. The molecular formula is C27H17Cl3N2O4S. The van der Waals surface area contributed by atoms with Crippen LogP contribution in [0.5, 0.6) is 17.2 Å². The summed E-state index contributed by atoms with van der Waals surface area (Å²) in [5.74, 6) is -0.00783. The minimum atomic E-state index is -0.659. The fourth-order valence-electron chi connectivity index (χ4n) is 4.22. The van der Waals surface area contributed by atoms with Gasteiger partial charge in [0.2, 0.25) is 5.88 Å². The molecule has 6 nitrogen and oxygen atoms in total. The Morgan fingerprint density at radius 1 is 1.14 bits per heavy atom. The van der Waals surface area contributed by atoms with Crippen molar-refractivity contribution in [3.63, 3.8) is 0 Å². The van der Waals surface area contributed by atoms with Gasteiger partial charge in [-0.3, -0.25) is 0 Å². The van der Waals surface area contributed by atoms with Gasteiger partial charge in [-0.15, -0.1) is 11.3 Å². The van der Waals surface area contributed by atoms with Crippen molar-refractivity contribution < 1.29 is 19.0 Å². The Balaban J connectivity index is 1.51. The van der Waals surface area contributed by atoms with Crippen molar-refractivity contribution in [3.05, 3.63) is 97.1 Å². The average Bonchev–Trinajstić information content (AvgIpc) is 3.20. The average molecular weight is 572 g/mol. The van der Waals surface area contributed by atoms with E-state index in [0.29, 0.717) is 43.8 Å². The summed E-state index contributed by atoms with van der Waals surface area (Å²) in [5.41, 5.74) is 7.85. The lowest BCUT2D eigenvalue weighted by Gasteiger charge is -2.27. The second-order valence-corrected chi connectivity index (χ2v) is 10.3. The molecule has 2 heterocycles. The highest BCUT2D eigenvalue weighted by atomic mass is 35.5. The van der Waals surface area contributed by atoms with Crippen LogP contribution in [-0.2, 0) is 0 Å². The molecule has 1 aliphatic rings. The Morgan fingerprint density at radius 2 is 1.92 bits per heavy atom. The molecule has 4 aromatic rings. The summed E-state index contributed by atoms with van der Waals surface area (Å²) in [6.45, 7) is 2.34. The first-order valence-electron chi connectivity index (χ1n) is 11.0. The molecule has 0 spiro atoms. The van der Waals surface area contributed by atoms with Crippen molar-refractivity contribution >= 4 is 62.2 Å². The van der Waals surface area contributed by atoms with E-state index in [1.807, 2.05) is 31.2 Å². The van der Waals surface area contributed by atoms with Crippen molar-refractivity contribution in [2.75, 3.05) is 6.61 Å². The Morgan fingerprint density at radius 3 is 2.68 bits per heavy atom. The van der Waals surface area contributed by atoms with Gasteiger partial charge in [-0.1, -0.05) is 59.1 Å². The number of hydrogen-bond donors (Lipinski definition) is 1. The highest BCUT2D eigenvalue weighted by Gasteiger charge is 2.33. The lowest BCUT2D eigenvalue weighted by atomic mass is 9.83. The van der Waals surface area contributed by atoms with E-state index in [2.05, 4.69) is 6.07 Å². The molecule has 0 saturated carbocycles. The molecule has 0 bridgehead atoms. The SMILES string of the molecule is CCOc1ccccc1C1C(C#N)=C(N)Oc2cc(OC(=O)c3sc4cc(Cl)cc(Cl)c4c3Cl)ccc21. The Hall–Kier alpha value is -3.41.